The number of nitrogens with two attached hydrogens (primary N) is 1. The van der Waals surface area contributed by atoms with E-state index >= 15 is 0 Å². The molecule has 1 aromatic rings. The van der Waals surface area contributed by atoms with Gasteiger partial charge >= 0.3 is 0 Å². The zero-order valence-corrected chi connectivity index (χ0v) is 13.2. The number of benzene rings is 1. The van der Waals surface area contributed by atoms with Crippen LogP contribution in [0.5, 0.6) is 0 Å². The highest BCUT2D eigenvalue weighted by atomic mass is 15.2. The minimum atomic E-state index is 0.108. The van der Waals surface area contributed by atoms with E-state index in [0.29, 0.717) is 0 Å². The maximum Gasteiger partial charge on any atom is 0.0424 e. The van der Waals surface area contributed by atoms with E-state index in [4.69, 9.17) is 5.73 Å². The second-order valence-electron chi connectivity index (χ2n) is 6.16. The molecule has 20 heavy (non-hydrogen) atoms. The van der Waals surface area contributed by atoms with Crippen LogP contribution >= 0.6 is 0 Å². The van der Waals surface area contributed by atoms with E-state index in [-0.39, 0.29) is 6.04 Å². The molecular weight excluding hydrogens is 246 g/mol. The Bertz CT molecular complexity index is 401. The molecule has 1 fully saturated rings. The van der Waals surface area contributed by atoms with Crippen LogP contribution in [0.3, 0.4) is 0 Å². The number of hydrogen-bond acceptors (Lipinski definition) is 3. The Labute approximate surface area is 123 Å². The van der Waals surface area contributed by atoms with Crippen molar-refractivity contribution in [2.45, 2.75) is 38.8 Å². The van der Waals surface area contributed by atoms with Gasteiger partial charge in [-0.2, -0.15) is 0 Å². The zero-order chi connectivity index (χ0) is 14.5. The lowest BCUT2D eigenvalue weighted by Crippen LogP contribution is -2.41. The molecule has 112 valence electrons. The monoisotopic (exact) mass is 275 g/mol. The molecule has 1 saturated heterocycles. The van der Waals surface area contributed by atoms with Crippen LogP contribution < -0.4 is 5.73 Å². The molecule has 0 aromatic heterocycles. The van der Waals surface area contributed by atoms with Crippen molar-refractivity contribution in [3.05, 3.63) is 35.4 Å². The van der Waals surface area contributed by atoms with Crippen molar-refractivity contribution in [2.24, 2.45) is 5.73 Å². The molecule has 2 unspecified atom stereocenters. The van der Waals surface area contributed by atoms with Gasteiger partial charge in [0.2, 0.25) is 0 Å². The van der Waals surface area contributed by atoms with E-state index in [2.05, 4.69) is 55.0 Å². The van der Waals surface area contributed by atoms with E-state index < -0.39 is 0 Å². The number of rotatable bonds is 6. The molecule has 2 rings (SSSR count). The molecule has 0 bridgehead atoms. The number of likely N-dealkylation sites (N-methyl/N-ethyl adjacent to an activating group) is 2. The Kier molecular flexibility index (Phi) is 5.58. The van der Waals surface area contributed by atoms with E-state index in [1.807, 2.05) is 0 Å². The molecule has 3 nitrogen and oxygen atoms in total. The quantitative estimate of drug-likeness (QED) is 0.865. The minimum absolute atomic E-state index is 0.108. The van der Waals surface area contributed by atoms with Gasteiger partial charge in [-0.05, 0) is 45.5 Å². The second kappa shape index (κ2) is 7.21. The third kappa shape index (κ3) is 4.05. The first-order valence-electron chi connectivity index (χ1n) is 7.85. The maximum absolute atomic E-state index is 6.33. The van der Waals surface area contributed by atoms with Crippen molar-refractivity contribution in [1.82, 2.24) is 9.80 Å². The highest BCUT2D eigenvalue weighted by Gasteiger charge is 2.24. The Balaban J connectivity index is 1.84. The number of likely N-dealkylation sites (tertiary alicyclic amines) is 1. The average molecular weight is 275 g/mol. The van der Waals surface area contributed by atoms with Crippen molar-refractivity contribution in [2.75, 3.05) is 33.2 Å². The van der Waals surface area contributed by atoms with Crippen LogP contribution in [-0.4, -0.2) is 49.1 Å². The fourth-order valence-electron chi connectivity index (χ4n) is 3.21. The Morgan fingerprint density at radius 1 is 1.35 bits per heavy atom. The third-order valence-corrected chi connectivity index (χ3v) is 4.44. The first-order valence-corrected chi connectivity index (χ1v) is 7.85. The van der Waals surface area contributed by atoms with Gasteiger partial charge in [-0.1, -0.05) is 36.8 Å². The third-order valence-electron chi connectivity index (χ3n) is 4.44. The van der Waals surface area contributed by atoms with Gasteiger partial charge in [0.05, 0.1) is 0 Å². The van der Waals surface area contributed by atoms with Crippen LogP contribution in [0.25, 0.3) is 0 Å². The molecule has 2 atom stereocenters. The fourth-order valence-corrected chi connectivity index (χ4v) is 3.21. The molecule has 0 radical (unpaired) electrons. The Morgan fingerprint density at radius 2 is 2.05 bits per heavy atom. The van der Waals surface area contributed by atoms with Gasteiger partial charge in [0.1, 0.15) is 0 Å². The van der Waals surface area contributed by atoms with Crippen LogP contribution in [-0.2, 0) is 0 Å². The van der Waals surface area contributed by atoms with Crippen LogP contribution in [0, 0.1) is 6.92 Å². The summed E-state index contributed by atoms with van der Waals surface area (Å²) >= 11 is 0. The van der Waals surface area contributed by atoms with Crippen LogP contribution in [0.4, 0.5) is 0 Å². The molecule has 0 amide bonds. The second-order valence-corrected chi connectivity index (χ2v) is 6.16. The molecule has 3 heteroatoms. The number of aryl methyl sites for hydroxylation is 1. The summed E-state index contributed by atoms with van der Waals surface area (Å²) in [5.41, 5.74) is 8.86. The lowest BCUT2D eigenvalue weighted by Gasteiger charge is -2.29. The lowest BCUT2D eigenvalue weighted by molar-refractivity contribution is 0.193. The minimum Gasteiger partial charge on any atom is -0.323 e. The van der Waals surface area contributed by atoms with Crippen molar-refractivity contribution in [3.8, 4) is 0 Å². The van der Waals surface area contributed by atoms with Gasteiger partial charge in [-0.3, -0.25) is 4.90 Å². The molecular formula is C17H29N3. The van der Waals surface area contributed by atoms with Gasteiger partial charge in [-0.15, -0.1) is 0 Å². The average Bonchev–Trinajstić information content (AvgIpc) is 2.86. The number of nitrogens with zero attached hydrogens (tertiary/aromatic N) is 2. The maximum atomic E-state index is 6.33. The van der Waals surface area contributed by atoms with Gasteiger partial charge in [0, 0.05) is 25.2 Å². The highest BCUT2D eigenvalue weighted by Crippen LogP contribution is 2.18. The molecule has 2 N–H and O–H groups in total. The first-order chi connectivity index (χ1) is 9.60. The topological polar surface area (TPSA) is 32.5 Å². The van der Waals surface area contributed by atoms with Crippen molar-refractivity contribution in [1.29, 1.82) is 0 Å². The standard InChI is InChI=1S/C17H29N3/c1-4-20-11-5-6-16(20)12-19(3)13-17(18)15-9-7-14(2)8-10-15/h7-10,16-17H,4-6,11-13,18H2,1-3H3. The van der Waals surface area contributed by atoms with Crippen molar-refractivity contribution in [3.63, 3.8) is 0 Å². The predicted octanol–water partition coefficient (Wildman–Crippen LogP) is 2.41. The highest BCUT2D eigenvalue weighted by molar-refractivity contribution is 5.24. The summed E-state index contributed by atoms with van der Waals surface area (Å²) in [4.78, 5) is 4.98. The van der Waals surface area contributed by atoms with Crippen molar-refractivity contribution < 1.29 is 0 Å². The summed E-state index contributed by atoms with van der Waals surface area (Å²) in [5, 5.41) is 0. The zero-order valence-electron chi connectivity index (χ0n) is 13.2. The first kappa shape index (κ1) is 15.5. The summed E-state index contributed by atoms with van der Waals surface area (Å²) in [6.45, 7) is 8.86. The molecule has 0 spiro atoms. The molecule has 1 aromatic carbocycles. The van der Waals surface area contributed by atoms with Gasteiger partial charge < -0.3 is 10.6 Å². The van der Waals surface area contributed by atoms with Crippen LogP contribution in [0.1, 0.15) is 36.9 Å². The van der Waals surface area contributed by atoms with Crippen LogP contribution in [0.15, 0.2) is 24.3 Å². The summed E-state index contributed by atoms with van der Waals surface area (Å²) in [6, 6.07) is 9.42. The SMILES string of the molecule is CCN1CCCC1CN(C)CC(N)c1ccc(C)cc1. The van der Waals surface area contributed by atoms with E-state index in [0.717, 1.165) is 19.1 Å². The smallest absolute Gasteiger partial charge is 0.0424 e. The number of hydrogen-bond donors (Lipinski definition) is 1. The molecule has 1 aliphatic rings. The lowest BCUT2D eigenvalue weighted by atomic mass is 10.1. The molecule has 0 saturated carbocycles. The molecule has 1 aliphatic heterocycles. The normalized spacial score (nSPS) is 21.6. The largest absolute Gasteiger partial charge is 0.323 e. The molecule has 0 aliphatic carbocycles. The predicted molar refractivity (Wildman–Crippen MR) is 85.9 cm³/mol. The summed E-state index contributed by atoms with van der Waals surface area (Å²) in [6.07, 6.45) is 2.67. The summed E-state index contributed by atoms with van der Waals surface area (Å²) in [7, 11) is 2.19. The fraction of sp³-hybridized carbons (Fsp3) is 0.647. The molecule has 1 heterocycles. The van der Waals surface area contributed by atoms with E-state index in [1.165, 1.54) is 37.1 Å². The summed E-state index contributed by atoms with van der Waals surface area (Å²) in [5.74, 6) is 0. The van der Waals surface area contributed by atoms with Gasteiger partial charge in [-0.25, -0.2) is 0 Å². The Hall–Kier alpha value is -0.900. The summed E-state index contributed by atoms with van der Waals surface area (Å²) < 4.78 is 0. The van der Waals surface area contributed by atoms with E-state index in [9.17, 15) is 0 Å². The van der Waals surface area contributed by atoms with Crippen molar-refractivity contribution >= 4 is 0 Å². The van der Waals surface area contributed by atoms with Gasteiger partial charge in [0.15, 0.2) is 0 Å². The Morgan fingerprint density at radius 3 is 2.70 bits per heavy atom. The van der Waals surface area contributed by atoms with Gasteiger partial charge in [0.25, 0.3) is 0 Å². The van der Waals surface area contributed by atoms with Crippen LogP contribution in [0.2, 0.25) is 0 Å². The van der Waals surface area contributed by atoms with E-state index in [1.54, 1.807) is 0 Å².